The van der Waals surface area contributed by atoms with Crippen LogP contribution >= 0.6 is 11.6 Å². The summed E-state index contributed by atoms with van der Waals surface area (Å²) in [6.07, 6.45) is 2.16. The molecule has 1 aliphatic rings. The molecule has 0 aliphatic heterocycles. The molecule has 0 radical (unpaired) electrons. The number of nitrogens with zero attached hydrogens (tertiary/aromatic N) is 5. The van der Waals surface area contributed by atoms with Crippen molar-refractivity contribution in [2.24, 2.45) is 7.05 Å². The van der Waals surface area contributed by atoms with Gasteiger partial charge in [-0.1, -0.05) is 36.4 Å². The monoisotopic (exact) mass is 496 g/mol. The largest absolute Gasteiger partial charge is 0.314 e. The Labute approximate surface area is 206 Å². The predicted octanol–water partition coefficient (Wildman–Crippen LogP) is 4.93. The van der Waals surface area contributed by atoms with E-state index in [9.17, 15) is 14.0 Å². The third-order valence-electron chi connectivity index (χ3n) is 6.22. The summed E-state index contributed by atoms with van der Waals surface area (Å²) in [5, 5.41) is 11.6. The Morgan fingerprint density at radius 3 is 2.51 bits per heavy atom. The fourth-order valence-electron chi connectivity index (χ4n) is 4.13. The van der Waals surface area contributed by atoms with Gasteiger partial charge in [-0.3, -0.25) is 14.3 Å². The molecule has 2 aromatic carbocycles. The number of anilines is 1. The van der Waals surface area contributed by atoms with Gasteiger partial charge >= 0.3 is 0 Å². The van der Waals surface area contributed by atoms with E-state index in [4.69, 9.17) is 11.6 Å². The number of carbonyl (C=O) groups excluding carboxylic acids is 1. The van der Waals surface area contributed by atoms with Crippen LogP contribution in [-0.2, 0) is 7.05 Å². The van der Waals surface area contributed by atoms with Crippen molar-refractivity contribution in [1.82, 2.24) is 24.4 Å². The maximum absolute atomic E-state index is 14.3. The maximum atomic E-state index is 14.3. The van der Waals surface area contributed by atoms with Gasteiger partial charge in [-0.15, -0.1) is 5.10 Å². The Morgan fingerprint density at radius 2 is 1.83 bits per heavy atom. The number of aromatic nitrogens is 5. The molecule has 1 saturated carbocycles. The van der Waals surface area contributed by atoms with Crippen LogP contribution < -0.4 is 10.9 Å². The summed E-state index contributed by atoms with van der Waals surface area (Å²) < 4.78 is 18.6. The van der Waals surface area contributed by atoms with Crippen molar-refractivity contribution < 1.29 is 9.18 Å². The van der Waals surface area contributed by atoms with E-state index in [1.165, 1.54) is 21.5 Å². The van der Waals surface area contributed by atoms with E-state index in [1.54, 1.807) is 43.8 Å². The molecule has 5 rings (SSSR count). The fourth-order valence-corrected chi connectivity index (χ4v) is 4.31. The van der Waals surface area contributed by atoms with Crippen LogP contribution in [0.1, 0.15) is 53.6 Å². The molecule has 8 nitrogen and oxygen atoms in total. The zero-order valence-corrected chi connectivity index (χ0v) is 19.6. The highest BCUT2D eigenvalue weighted by atomic mass is 35.5. The molecule has 0 bridgehead atoms. The van der Waals surface area contributed by atoms with Crippen LogP contribution in [0.4, 0.5) is 10.1 Å². The lowest BCUT2D eigenvalue weighted by Crippen LogP contribution is -2.24. The summed E-state index contributed by atoms with van der Waals surface area (Å²) in [4.78, 5) is 26.2. The first-order chi connectivity index (χ1) is 16.3. The Bertz CT molecular complexity index is 1500. The van der Waals surface area contributed by atoms with Crippen molar-refractivity contribution in [3.8, 4) is 11.4 Å². The van der Waals surface area contributed by atoms with Crippen molar-refractivity contribution in [1.29, 1.82) is 0 Å². The summed E-state index contributed by atoms with van der Waals surface area (Å²) in [5.74, 6) is -0.702. The quantitative estimate of drug-likeness (QED) is 0.424. The number of carbonyl (C=O) groups is 1. The maximum Gasteiger partial charge on any atom is 0.295 e. The van der Waals surface area contributed by atoms with Gasteiger partial charge < -0.3 is 5.32 Å². The van der Waals surface area contributed by atoms with Gasteiger partial charge in [-0.25, -0.2) is 13.8 Å². The molecular formula is C25H26ClFN6O2. The highest BCUT2D eigenvalue weighted by molar-refractivity contribution is 6.30. The van der Waals surface area contributed by atoms with Crippen LogP contribution in [0.5, 0.6) is 0 Å². The molecule has 2 aromatic heterocycles. The van der Waals surface area contributed by atoms with E-state index in [0.29, 0.717) is 22.3 Å². The lowest BCUT2D eigenvalue weighted by atomic mass is 10.1. The molecule has 35 heavy (non-hydrogen) atoms. The van der Waals surface area contributed by atoms with E-state index in [-0.39, 0.29) is 24.5 Å². The van der Waals surface area contributed by atoms with Crippen molar-refractivity contribution in [2.45, 2.75) is 40.0 Å². The standard InChI is InChI=1S/C24H22ClFN6O2.CH4/c1-13-22(24(34)32(30(13)3)20-7-5-4-6-18(20)26)27-23(33)21-14(2)31(29-28-21)19-11-10-16(25)12-17(19)15-8-9-15;/h4-7,10-12,15H,8-9H2,1-3H3,(H,27,33);1H4. The van der Waals surface area contributed by atoms with E-state index in [1.807, 2.05) is 12.1 Å². The van der Waals surface area contributed by atoms with Crippen LogP contribution in [0, 0.1) is 19.7 Å². The molecule has 2 heterocycles. The molecule has 1 fully saturated rings. The van der Waals surface area contributed by atoms with Gasteiger partial charge in [0.05, 0.1) is 17.1 Å². The molecule has 0 saturated heterocycles. The molecule has 10 heteroatoms. The number of para-hydroxylation sites is 1. The third-order valence-corrected chi connectivity index (χ3v) is 6.45. The summed E-state index contributed by atoms with van der Waals surface area (Å²) in [6.45, 7) is 3.42. The smallest absolute Gasteiger partial charge is 0.295 e. The first kappa shape index (κ1) is 24.4. The predicted molar refractivity (Wildman–Crippen MR) is 133 cm³/mol. The van der Waals surface area contributed by atoms with E-state index in [2.05, 4.69) is 15.6 Å². The second kappa shape index (κ2) is 9.14. The number of hydrogen-bond acceptors (Lipinski definition) is 4. The molecule has 0 atom stereocenters. The van der Waals surface area contributed by atoms with E-state index < -0.39 is 17.3 Å². The van der Waals surface area contributed by atoms with Crippen LogP contribution in [0.2, 0.25) is 5.02 Å². The second-order valence-electron chi connectivity index (χ2n) is 8.42. The van der Waals surface area contributed by atoms with Crippen LogP contribution in [-0.4, -0.2) is 30.3 Å². The van der Waals surface area contributed by atoms with E-state index >= 15 is 0 Å². The Kier molecular flexibility index (Phi) is 6.38. The highest BCUT2D eigenvalue weighted by Gasteiger charge is 2.29. The van der Waals surface area contributed by atoms with Crippen LogP contribution in [0.3, 0.4) is 0 Å². The second-order valence-corrected chi connectivity index (χ2v) is 8.86. The van der Waals surface area contributed by atoms with Crippen molar-refractivity contribution in [3.05, 3.63) is 86.3 Å². The number of halogens is 2. The number of rotatable bonds is 5. The first-order valence-corrected chi connectivity index (χ1v) is 11.2. The molecule has 0 unspecified atom stereocenters. The molecule has 1 aliphatic carbocycles. The van der Waals surface area contributed by atoms with E-state index in [0.717, 1.165) is 24.1 Å². The lowest BCUT2D eigenvalue weighted by molar-refractivity contribution is 0.102. The summed E-state index contributed by atoms with van der Waals surface area (Å²) in [6, 6.07) is 11.5. The van der Waals surface area contributed by atoms with Gasteiger partial charge in [0.1, 0.15) is 17.2 Å². The van der Waals surface area contributed by atoms with Gasteiger partial charge in [0.15, 0.2) is 5.69 Å². The van der Waals surface area contributed by atoms with Crippen molar-refractivity contribution >= 4 is 23.2 Å². The Hall–Kier alpha value is -3.72. The van der Waals surface area contributed by atoms with Crippen LogP contribution in [0.25, 0.3) is 11.4 Å². The Balaban J connectivity index is 0.00000289. The summed E-state index contributed by atoms with van der Waals surface area (Å²) >= 11 is 6.19. The summed E-state index contributed by atoms with van der Waals surface area (Å²) in [5.41, 5.74) is 2.60. The van der Waals surface area contributed by atoms with Crippen LogP contribution in [0.15, 0.2) is 47.3 Å². The SMILES string of the molecule is C.Cc1c(C(=O)Nc2c(C)n(C)n(-c3ccccc3F)c2=O)nnn1-c1ccc(Cl)cc1C1CC1. The van der Waals surface area contributed by atoms with Gasteiger partial charge in [0.2, 0.25) is 0 Å². The van der Waals surface area contributed by atoms with Gasteiger partial charge in [0.25, 0.3) is 11.5 Å². The van der Waals surface area contributed by atoms with Gasteiger partial charge in [-0.2, -0.15) is 0 Å². The average Bonchev–Trinajstić information content (AvgIpc) is 3.56. The minimum absolute atomic E-state index is 0. The molecular weight excluding hydrogens is 471 g/mol. The average molecular weight is 497 g/mol. The number of amides is 1. The molecule has 182 valence electrons. The normalized spacial score (nSPS) is 12.9. The number of hydrogen-bond donors (Lipinski definition) is 1. The lowest BCUT2D eigenvalue weighted by Gasteiger charge is -2.10. The molecule has 1 N–H and O–H groups in total. The van der Waals surface area contributed by atoms with Crippen molar-refractivity contribution in [3.63, 3.8) is 0 Å². The zero-order valence-electron chi connectivity index (χ0n) is 18.8. The Morgan fingerprint density at radius 1 is 1.11 bits per heavy atom. The third kappa shape index (κ3) is 4.16. The zero-order chi connectivity index (χ0) is 24.1. The summed E-state index contributed by atoms with van der Waals surface area (Å²) in [7, 11) is 1.63. The topological polar surface area (TPSA) is 86.7 Å². The van der Waals surface area contributed by atoms with Gasteiger partial charge in [0, 0.05) is 12.1 Å². The fraction of sp³-hybridized carbons (Fsp3) is 0.280. The first-order valence-electron chi connectivity index (χ1n) is 10.8. The highest BCUT2D eigenvalue weighted by Crippen LogP contribution is 2.43. The number of benzene rings is 2. The molecule has 4 aromatic rings. The molecule has 1 amide bonds. The van der Waals surface area contributed by atoms with Gasteiger partial charge in [-0.05, 0) is 68.5 Å². The molecule has 0 spiro atoms. The minimum Gasteiger partial charge on any atom is -0.314 e. The minimum atomic E-state index is -0.572. The van der Waals surface area contributed by atoms with Crippen molar-refractivity contribution in [2.75, 3.05) is 5.32 Å². The number of nitrogens with one attached hydrogen (secondary N) is 1.